The summed E-state index contributed by atoms with van der Waals surface area (Å²) in [5, 5.41) is 14.5. The van der Waals surface area contributed by atoms with Crippen molar-refractivity contribution < 1.29 is 0 Å². The summed E-state index contributed by atoms with van der Waals surface area (Å²) in [6, 6.07) is 60.6. The van der Waals surface area contributed by atoms with Gasteiger partial charge in [0.2, 0.25) is 0 Å². The van der Waals surface area contributed by atoms with E-state index in [0.29, 0.717) is 0 Å². The molecule has 0 N–H and O–H groups in total. The van der Waals surface area contributed by atoms with E-state index in [9.17, 15) is 0 Å². The lowest BCUT2D eigenvalue weighted by molar-refractivity contribution is 1.07. The Morgan fingerprint density at radius 1 is 0.328 bits per heavy atom. The zero-order valence-electron chi connectivity index (χ0n) is 32.6. The number of para-hydroxylation sites is 3. The topological polar surface area (TPSA) is 92.1 Å². The summed E-state index contributed by atoms with van der Waals surface area (Å²) < 4.78 is 6.63. The van der Waals surface area contributed by atoms with E-state index in [1.165, 1.54) is 0 Å². The summed E-state index contributed by atoms with van der Waals surface area (Å²) in [6.07, 6.45) is 7.25. The number of aromatic nitrogens is 9. The van der Waals surface area contributed by atoms with Gasteiger partial charge in [-0.25, -0.2) is 9.97 Å². The quantitative estimate of drug-likeness (QED) is 0.160. The SMILES string of the molecule is c1ccc(-n2c(-c3ccc4c5ccccc5n(-c5cccc(-c6cccnc6)n5)c4c3)nnc2-c2ccc3c4ccccc4n(-c4cccc(-c5cccnc5)n4)c3c2)cc1. The zero-order valence-corrected chi connectivity index (χ0v) is 32.6. The van der Waals surface area contributed by atoms with Crippen LogP contribution in [0.4, 0.5) is 0 Å². The Balaban J connectivity index is 1.05. The molecule has 12 aromatic rings. The largest absolute Gasteiger partial charge is 0.294 e. The van der Waals surface area contributed by atoms with Gasteiger partial charge in [-0.05, 0) is 84.9 Å². The van der Waals surface area contributed by atoms with Crippen molar-refractivity contribution in [3.63, 3.8) is 0 Å². The molecule has 0 spiro atoms. The van der Waals surface area contributed by atoms with Crippen LogP contribution in [0, 0.1) is 0 Å². The van der Waals surface area contributed by atoms with Crippen molar-refractivity contribution in [1.82, 2.24) is 43.8 Å². The fraction of sp³-hybridized carbons (Fsp3) is 0. The molecule has 9 nitrogen and oxygen atoms in total. The van der Waals surface area contributed by atoms with E-state index in [1.54, 1.807) is 12.4 Å². The van der Waals surface area contributed by atoms with Crippen LogP contribution in [0.2, 0.25) is 0 Å². The highest BCUT2D eigenvalue weighted by molar-refractivity contribution is 6.11. The molecule has 286 valence electrons. The van der Waals surface area contributed by atoms with E-state index in [2.05, 4.69) is 145 Å². The summed E-state index contributed by atoms with van der Waals surface area (Å²) >= 11 is 0. The first-order valence-corrected chi connectivity index (χ1v) is 20.1. The highest BCUT2D eigenvalue weighted by atomic mass is 15.3. The summed E-state index contributed by atoms with van der Waals surface area (Å²) in [4.78, 5) is 19.0. The first-order chi connectivity index (χ1) is 30.3. The average Bonchev–Trinajstić information content (AvgIpc) is 4.03. The summed E-state index contributed by atoms with van der Waals surface area (Å²) in [5.74, 6) is 3.09. The van der Waals surface area contributed by atoms with Crippen LogP contribution in [0.3, 0.4) is 0 Å². The fourth-order valence-electron chi connectivity index (χ4n) is 8.64. The van der Waals surface area contributed by atoms with E-state index in [0.717, 1.165) is 106 Å². The molecule has 12 rings (SSSR count). The van der Waals surface area contributed by atoms with Gasteiger partial charge in [0, 0.05) is 74.3 Å². The number of pyridine rings is 4. The number of benzene rings is 5. The van der Waals surface area contributed by atoms with Crippen LogP contribution in [-0.4, -0.2) is 43.8 Å². The molecular formula is C52H33N9. The standard InChI is InChI=1S/C52H33N9/c1-2-14-38(15-3-1)59-51(34-24-26-41-39-16-4-6-20-45(39)60(47(41)30-34)49-22-8-18-43(55-49)36-12-10-28-53-32-36)57-58-52(59)35-25-27-42-40-17-5-7-21-46(40)61(48(42)31-35)50-23-9-19-44(56-50)37-13-11-29-54-33-37/h1-33H. The van der Waals surface area contributed by atoms with Gasteiger partial charge in [-0.3, -0.25) is 23.7 Å². The highest BCUT2D eigenvalue weighted by Gasteiger charge is 2.22. The van der Waals surface area contributed by atoms with Gasteiger partial charge in [-0.15, -0.1) is 10.2 Å². The van der Waals surface area contributed by atoms with Crippen molar-refractivity contribution in [3.8, 4) is 62.6 Å². The van der Waals surface area contributed by atoms with E-state index in [1.807, 2.05) is 67.0 Å². The number of rotatable bonds is 7. The summed E-state index contributed by atoms with van der Waals surface area (Å²) in [5.41, 5.74) is 10.6. The van der Waals surface area contributed by atoms with Crippen molar-refractivity contribution in [2.24, 2.45) is 0 Å². The average molecular weight is 784 g/mol. The smallest absolute Gasteiger partial charge is 0.168 e. The predicted octanol–water partition coefficient (Wildman–Crippen LogP) is 11.7. The predicted molar refractivity (Wildman–Crippen MR) is 243 cm³/mol. The molecule has 9 heteroatoms. The molecule has 0 unspecified atom stereocenters. The maximum atomic E-state index is 5.17. The molecule has 0 atom stereocenters. The zero-order chi connectivity index (χ0) is 40.3. The van der Waals surface area contributed by atoms with Crippen LogP contribution in [0.25, 0.3) is 106 Å². The van der Waals surface area contributed by atoms with Gasteiger partial charge in [0.1, 0.15) is 11.6 Å². The third kappa shape index (κ3) is 5.71. The third-order valence-electron chi connectivity index (χ3n) is 11.4. The summed E-state index contributed by atoms with van der Waals surface area (Å²) in [7, 11) is 0. The first kappa shape index (κ1) is 34.5. The van der Waals surface area contributed by atoms with Crippen LogP contribution in [0.1, 0.15) is 0 Å². The normalized spacial score (nSPS) is 11.6. The van der Waals surface area contributed by atoms with Gasteiger partial charge in [-0.2, -0.15) is 0 Å². The second kappa shape index (κ2) is 14.1. The lowest BCUT2D eigenvalue weighted by atomic mass is 10.1. The third-order valence-corrected chi connectivity index (χ3v) is 11.4. The molecule has 0 radical (unpaired) electrons. The molecule has 0 saturated heterocycles. The van der Waals surface area contributed by atoms with E-state index < -0.39 is 0 Å². The Bertz CT molecular complexity index is 3370. The summed E-state index contributed by atoms with van der Waals surface area (Å²) in [6.45, 7) is 0. The molecule has 7 heterocycles. The Labute approximate surface area is 349 Å². The fourth-order valence-corrected chi connectivity index (χ4v) is 8.64. The minimum absolute atomic E-state index is 0.725. The molecular weight excluding hydrogens is 751 g/mol. The van der Waals surface area contributed by atoms with E-state index in [4.69, 9.17) is 20.2 Å². The second-order valence-corrected chi connectivity index (χ2v) is 14.9. The Hall–Kier alpha value is -8.56. The molecule has 0 saturated carbocycles. The van der Waals surface area contributed by atoms with Crippen molar-refractivity contribution in [3.05, 3.63) is 201 Å². The number of hydrogen-bond donors (Lipinski definition) is 0. The second-order valence-electron chi connectivity index (χ2n) is 14.9. The van der Waals surface area contributed by atoms with E-state index in [-0.39, 0.29) is 0 Å². The Morgan fingerprint density at radius 2 is 0.803 bits per heavy atom. The minimum Gasteiger partial charge on any atom is -0.294 e. The molecule has 0 aliphatic carbocycles. The van der Waals surface area contributed by atoms with Crippen LogP contribution >= 0.6 is 0 Å². The van der Waals surface area contributed by atoms with Gasteiger partial charge >= 0.3 is 0 Å². The molecule has 5 aromatic carbocycles. The number of nitrogens with zero attached hydrogens (tertiary/aromatic N) is 9. The van der Waals surface area contributed by atoms with Crippen molar-refractivity contribution >= 4 is 43.6 Å². The molecule has 0 aliphatic heterocycles. The molecule has 0 bridgehead atoms. The molecule has 0 aliphatic rings. The lowest BCUT2D eigenvalue weighted by Gasteiger charge is -2.13. The van der Waals surface area contributed by atoms with Crippen LogP contribution < -0.4 is 0 Å². The Kier molecular flexibility index (Phi) is 7.95. The lowest BCUT2D eigenvalue weighted by Crippen LogP contribution is -2.02. The van der Waals surface area contributed by atoms with Crippen molar-refractivity contribution in [2.75, 3.05) is 0 Å². The maximum absolute atomic E-state index is 5.17. The molecule has 7 aromatic heterocycles. The highest BCUT2D eigenvalue weighted by Crippen LogP contribution is 2.38. The van der Waals surface area contributed by atoms with Crippen LogP contribution in [-0.2, 0) is 0 Å². The van der Waals surface area contributed by atoms with E-state index >= 15 is 0 Å². The maximum Gasteiger partial charge on any atom is 0.168 e. The minimum atomic E-state index is 0.725. The number of hydrogen-bond acceptors (Lipinski definition) is 6. The van der Waals surface area contributed by atoms with Crippen LogP contribution in [0.15, 0.2) is 201 Å². The number of fused-ring (bicyclic) bond motifs is 6. The Morgan fingerprint density at radius 3 is 1.30 bits per heavy atom. The monoisotopic (exact) mass is 783 g/mol. The van der Waals surface area contributed by atoms with Gasteiger partial charge in [0.25, 0.3) is 0 Å². The molecule has 0 amide bonds. The van der Waals surface area contributed by atoms with Crippen LogP contribution in [0.5, 0.6) is 0 Å². The molecule has 0 fully saturated rings. The van der Waals surface area contributed by atoms with Crippen molar-refractivity contribution in [1.29, 1.82) is 0 Å². The van der Waals surface area contributed by atoms with Gasteiger partial charge in [0.15, 0.2) is 11.6 Å². The van der Waals surface area contributed by atoms with Gasteiger partial charge in [-0.1, -0.05) is 91.0 Å². The van der Waals surface area contributed by atoms with Gasteiger partial charge in [0.05, 0.1) is 33.5 Å². The first-order valence-electron chi connectivity index (χ1n) is 20.1. The molecule has 61 heavy (non-hydrogen) atoms. The van der Waals surface area contributed by atoms with Gasteiger partial charge < -0.3 is 0 Å². The van der Waals surface area contributed by atoms with Crippen molar-refractivity contribution in [2.45, 2.75) is 0 Å².